The minimum Gasteiger partial charge on any atom is -0.360 e. The highest BCUT2D eigenvalue weighted by Gasteiger charge is 2.27. The van der Waals surface area contributed by atoms with Gasteiger partial charge in [0.1, 0.15) is 0 Å². The highest BCUT2D eigenvalue weighted by Crippen LogP contribution is 2.19. The second-order valence-corrected chi connectivity index (χ2v) is 9.84. The number of H-pyrrole nitrogens is 1. The number of carbonyl (C=O) groups is 1. The van der Waals surface area contributed by atoms with E-state index in [9.17, 15) is 13.2 Å². The largest absolute Gasteiger partial charge is 0.360 e. The second-order valence-electron chi connectivity index (χ2n) is 7.75. The van der Waals surface area contributed by atoms with Gasteiger partial charge < -0.3 is 4.98 Å². The Hall–Kier alpha value is -2.48. The van der Waals surface area contributed by atoms with Gasteiger partial charge in [-0.2, -0.15) is 4.31 Å². The molecule has 1 aromatic heterocycles. The number of ketones is 1. The highest BCUT2D eigenvalue weighted by atomic mass is 32.2. The third kappa shape index (κ3) is 4.80. The number of aromatic nitrogens is 1. The lowest BCUT2D eigenvalue weighted by Gasteiger charge is -2.33. The number of carbonyl (C=O) groups excluding carboxylic acids is 1. The number of para-hydroxylation sites is 1. The molecule has 0 atom stereocenters. The van der Waals surface area contributed by atoms with Gasteiger partial charge >= 0.3 is 0 Å². The van der Waals surface area contributed by atoms with E-state index in [4.69, 9.17) is 0 Å². The molecular formula is C23H27N3O3S. The van der Waals surface area contributed by atoms with E-state index in [1.54, 1.807) is 10.5 Å². The molecule has 1 fully saturated rings. The van der Waals surface area contributed by atoms with Crippen LogP contribution in [0.4, 0.5) is 0 Å². The first kappa shape index (κ1) is 20.8. The molecule has 3 aromatic rings. The SMILES string of the molecule is O=C(CN1CCN(S(=O)(=O)CCCc2ccccc2)CC1)c1c[nH]c2ccccc12. The number of aromatic amines is 1. The van der Waals surface area contributed by atoms with Gasteiger partial charge in [0, 0.05) is 48.8 Å². The van der Waals surface area contributed by atoms with Crippen molar-refractivity contribution in [3.05, 3.63) is 71.9 Å². The van der Waals surface area contributed by atoms with Gasteiger partial charge in [-0.15, -0.1) is 0 Å². The lowest BCUT2D eigenvalue weighted by molar-refractivity contribution is 0.0903. The summed E-state index contributed by atoms with van der Waals surface area (Å²) in [7, 11) is -3.26. The van der Waals surface area contributed by atoms with E-state index in [1.807, 2.05) is 59.5 Å². The number of nitrogens with one attached hydrogen (secondary N) is 1. The third-order valence-corrected chi connectivity index (χ3v) is 7.65. The first-order valence-corrected chi connectivity index (χ1v) is 12.0. The molecule has 0 aliphatic carbocycles. The summed E-state index contributed by atoms with van der Waals surface area (Å²) < 4.78 is 26.9. The molecule has 0 saturated carbocycles. The maximum atomic E-state index is 12.7. The topological polar surface area (TPSA) is 73.5 Å². The van der Waals surface area contributed by atoms with Crippen LogP contribution in [-0.4, -0.2) is 66.9 Å². The fraction of sp³-hybridized carbons (Fsp3) is 0.348. The molecule has 2 aromatic carbocycles. The number of piperazine rings is 1. The molecule has 0 bridgehead atoms. The average Bonchev–Trinajstić information content (AvgIpc) is 3.19. The standard InChI is InChI=1S/C23H27N3O3S/c27-23(21-17-24-22-11-5-4-10-20(21)22)18-25-12-14-26(15-13-25)30(28,29)16-6-9-19-7-2-1-3-8-19/h1-5,7-8,10-11,17,24H,6,9,12-16,18H2. The van der Waals surface area contributed by atoms with Crippen LogP contribution in [0.2, 0.25) is 0 Å². The smallest absolute Gasteiger partial charge is 0.214 e. The Morgan fingerprint density at radius 1 is 0.933 bits per heavy atom. The lowest BCUT2D eigenvalue weighted by Crippen LogP contribution is -2.50. The maximum absolute atomic E-state index is 12.7. The van der Waals surface area contributed by atoms with Gasteiger partial charge in [-0.1, -0.05) is 48.5 Å². The van der Waals surface area contributed by atoms with E-state index < -0.39 is 10.0 Å². The summed E-state index contributed by atoms with van der Waals surface area (Å²) in [5.74, 6) is 0.225. The molecule has 0 amide bonds. The Balaban J connectivity index is 1.27. The molecule has 7 heteroatoms. The van der Waals surface area contributed by atoms with Crippen molar-refractivity contribution in [3.8, 4) is 0 Å². The molecule has 0 radical (unpaired) electrons. The predicted molar refractivity (Wildman–Crippen MR) is 119 cm³/mol. The highest BCUT2D eigenvalue weighted by molar-refractivity contribution is 7.89. The number of hydrogen-bond acceptors (Lipinski definition) is 4. The maximum Gasteiger partial charge on any atom is 0.214 e. The molecule has 1 aliphatic rings. The predicted octanol–water partition coefficient (Wildman–Crippen LogP) is 2.93. The first-order chi connectivity index (χ1) is 14.5. The molecule has 158 valence electrons. The van der Waals surface area contributed by atoms with Crippen molar-refractivity contribution < 1.29 is 13.2 Å². The fourth-order valence-corrected chi connectivity index (χ4v) is 5.48. The summed E-state index contributed by atoms with van der Waals surface area (Å²) in [5.41, 5.74) is 2.81. The lowest BCUT2D eigenvalue weighted by atomic mass is 10.1. The zero-order chi connectivity index (χ0) is 21.0. The van der Waals surface area contributed by atoms with Crippen molar-refractivity contribution in [2.24, 2.45) is 0 Å². The summed E-state index contributed by atoms with van der Waals surface area (Å²) >= 11 is 0. The van der Waals surface area contributed by atoms with E-state index in [0.29, 0.717) is 44.7 Å². The van der Waals surface area contributed by atoms with Crippen molar-refractivity contribution in [1.82, 2.24) is 14.2 Å². The Labute approximate surface area is 177 Å². The Morgan fingerprint density at radius 3 is 2.40 bits per heavy atom. The first-order valence-electron chi connectivity index (χ1n) is 10.4. The zero-order valence-corrected chi connectivity index (χ0v) is 17.8. The van der Waals surface area contributed by atoms with Gasteiger partial charge in [0.2, 0.25) is 10.0 Å². The van der Waals surface area contributed by atoms with E-state index in [2.05, 4.69) is 4.98 Å². The van der Waals surface area contributed by atoms with Gasteiger partial charge in [0.05, 0.1) is 12.3 Å². The summed E-state index contributed by atoms with van der Waals surface area (Å²) in [6.07, 6.45) is 3.14. The van der Waals surface area contributed by atoms with E-state index in [0.717, 1.165) is 22.9 Å². The number of rotatable bonds is 8. The fourth-order valence-electron chi connectivity index (χ4n) is 3.99. The quantitative estimate of drug-likeness (QED) is 0.563. The second kappa shape index (κ2) is 9.12. The molecule has 4 rings (SSSR count). The summed E-state index contributed by atoms with van der Waals surface area (Å²) in [5, 5.41) is 0.933. The normalized spacial score (nSPS) is 16.1. The number of aryl methyl sites for hydroxylation is 1. The van der Waals surface area contributed by atoms with E-state index in [-0.39, 0.29) is 11.5 Å². The summed E-state index contributed by atoms with van der Waals surface area (Å²) in [4.78, 5) is 17.9. The van der Waals surface area contributed by atoms with Crippen LogP contribution < -0.4 is 0 Å². The molecule has 1 N–H and O–H groups in total. The van der Waals surface area contributed by atoms with Gasteiger partial charge in [-0.05, 0) is 24.5 Å². The van der Waals surface area contributed by atoms with Crippen molar-refractivity contribution in [1.29, 1.82) is 0 Å². The molecule has 1 saturated heterocycles. The van der Waals surface area contributed by atoms with Crippen LogP contribution in [0.25, 0.3) is 10.9 Å². The van der Waals surface area contributed by atoms with Gasteiger partial charge in [0.15, 0.2) is 5.78 Å². The van der Waals surface area contributed by atoms with E-state index in [1.165, 1.54) is 0 Å². The van der Waals surface area contributed by atoms with Crippen LogP contribution >= 0.6 is 0 Å². The molecule has 2 heterocycles. The van der Waals surface area contributed by atoms with Crippen LogP contribution in [0.15, 0.2) is 60.8 Å². The number of hydrogen-bond donors (Lipinski definition) is 1. The van der Waals surface area contributed by atoms with Crippen molar-refractivity contribution in [2.75, 3.05) is 38.5 Å². The average molecular weight is 426 g/mol. The van der Waals surface area contributed by atoms with Crippen LogP contribution in [0, 0.1) is 0 Å². The van der Waals surface area contributed by atoms with Crippen LogP contribution in [0.5, 0.6) is 0 Å². The van der Waals surface area contributed by atoms with Crippen molar-refractivity contribution in [2.45, 2.75) is 12.8 Å². The zero-order valence-electron chi connectivity index (χ0n) is 17.0. The monoisotopic (exact) mass is 425 g/mol. The molecule has 1 aliphatic heterocycles. The Kier molecular flexibility index (Phi) is 6.32. The number of fused-ring (bicyclic) bond motifs is 1. The minimum absolute atomic E-state index is 0.0617. The molecular weight excluding hydrogens is 398 g/mol. The van der Waals surface area contributed by atoms with Crippen LogP contribution in [0.3, 0.4) is 0 Å². The van der Waals surface area contributed by atoms with Crippen molar-refractivity contribution >= 4 is 26.7 Å². The van der Waals surface area contributed by atoms with Crippen LogP contribution in [0.1, 0.15) is 22.3 Å². The number of nitrogens with zero attached hydrogens (tertiary/aromatic N) is 2. The number of benzene rings is 2. The molecule has 30 heavy (non-hydrogen) atoms. The van der Waals surface area contributed by atoms with Crippen molar-refractivity contribution in [3.63, 3.8) is 0 Å². The summed E-state index contributed by atoms with van der Waals surface area (Å²) in [6, 6.07) is 17.7. The summed E-state index contributed by atoms with van der Waals surface area (Å²) in [6.45, 7) is 2.34. The third-order valence-electron chi connectivity index (χ3n) is 5.69. The van der Waals surface area contributed by atoms with Gasteiger partial charge in [0.25, 0.3) is 0 Å². The molecule has 0 unspecified atom stereocenters. The number of Topliss-reactive ketones (excluding diaryl/α,β-unsaturated/α-hetero) is 1. The minimum atomic E-state index is -3.26. The van der Waals surface area contributed by atoms with Gasteiger partial charge in [-0.25, -0.2) is 8.42 Å². The molecule has 0 spiro atoms. The van der Waals surface area contributed by atoms with E-state index >= 15 is 0 Å². The van der Waals surface area contributed by atoms with Crippen LogP contribution in [-0.2, 0) is 16.4 Å². The Morgan fingerprint density at radius 2 is 1.63 bits per heavy atom. The molecule has 6 nitrogen and oxygen atoms in total. The Bertz CT molecular complexity index is 1100. The number of sulfonamides is 1. The van der Waals surface area contributed by atoms with Gasteiger partial charge in [-0.3, -0.25) is 9.69 Å².